The molecule has 0 radical (unpaired) electrons. The van der Waals surface area contributed by atoms with Crippen molar-refractivity contribution >= 4 is 27.9 Å². The molecule has 1 heterocycles. The Bertz CT molecular complexity index is 459. The lowest BCUT2D eigenvalue weighted by Gasteiger charge is -2.29. The number of carbonyl (C=O) groups is 1. The number of aliphatic hydroxyl groups excluding tert-OH is 1. The van der Waals surface area contributed by atoms with Crippen LogP contribution in [-0.2, 0) is 4.79 Å². The van der Waals surface area contributed by atoms with Crippen LogP contribution < -0.4 is 0 Å². The summed E-state index contributed by atoms with van der Waals surface area (Å²) in [5.74, 6) is -0.0375. The number of carbonyl (C=O) groups excluding carboxylic acids is 1. The van der Waals surface area contributed by atoms with Gasteiger partial charge in [-0.1, -0.05) is 34.1 Å². The number of benzene rings is 1. The predicted octanol–water partition coefficient (Wildman–Crippen LogP) is 2.45. The number of halogens is 1. The summed E-state index contributed by atoms with van der Waals surface area (Å²) >= 11 is 3.44. The lowest BCUT2D eigenvalue weighted by molar-refractivity contribution is -0.128. The molecule has 18 heavy (non-hydrogen) atoms. The lowest BCUT2D eigenvalue weighted by atomic mass is 10.1. The fourth-order valence-corrected chi connectivity index (χ4v) is 2.45. The van der Waals surface area contributed by atoms with Crippen LogP contribution in [0.15, 0.2) is 34.8 Å². The Labute approximate surface area is 115 Å². The van der Waals surface area contributed by atoms with Gasteiger partial charge in [0.15, 0.2) is 0 Å². The molecule has 96 valence electrons. The van der Waals surface area contributed by atoms with Crippen molar-refractivity contribution in [2.24, 2.45) is 0 Å². The first kappa shape index (κ1) is 13.3. The summed E-state index contributed by atoms with van der Waals surface area (Å²) in [7, 11) is 0. The number of hydrogen-bond acceptors (Lipinski definition) is 2. The standard InChI is InChI=1S/C14H16BrNO2/c15-13-6-2-1-4-11(13)7-8-14(18)16-9-3-5-12(17)10-16/h1-2,4,6-8,12,17H,3,5,9-10H2/b8-7+. The molecule has 1 aliphatic heterocycles. The molecule has 0 bridgehead atoms. The fraction of sp³-hybridized carbons (Fsp3) is 0.357. The Hall–Kier alpha value is -1.13. The van der Waals surface area contributed by atoms with Crippen molar-refractivity contribution in [3.05, 3.63) is 40.4 Å². The normalized spacial score (nSPS) is 20.3. The van der Waals surface area contributed by atoms with Crippen LogP contribution in [0.25, 0.3) is 6.08 Å². The Kier molecular flexibility index (Phi) is 4.55. The van der Waals surface area contributed by atoms with Crippen molar-refractivity contribution in [1.29, 1.82) is 0 Å². The maximum atomic E-state index is 11.9. The smallest absolute Gasteiger partial charge is 0.246 e. The third kappa shape index (κ3) is 3.43. The number of aliphatic hydroxyl groups is 1. The van der Waals surface area contributed by atoms with Crippen LogP contribution in [0.3, 0.4) is 0 Å². The quantitative estimate of drug-likeness (QED) is 0.853. The molecule has 1 saturated heterocycles. The molecule has 0 saturated carbocycles. The summed E-state index contributed by atoms with van der Waals surface area (Å²) in [6.07, 6.45) is 4.65. The molecule has 1 N–H and O–H groups in total. The van der Waals surface area contributed by atoms with Gasteiger partial charge in [0.05, 0.1) is 6.10 Å². The highest BCUT2D eigenvalue weighted by Crippen LogP contribution is 2.17. The van der Waals surface area contributed by atoms with E-state index in [0.29, 0.717) is 6.54 Å². The molecule has 1 aromatic rings. The average molecular weight is 310 g/mol. The second-order valence-corrected chi connectivity index (χ2v) is 5.29. The highest BCUT2D eigenvalue weighted by molar-refractivity contribution is 9.10. The molecule has 1 aliphatic rings. The van der Waals surface area contributed by atoms with Crippen molar-refractivity contribution in [2.45, 2.75) is 18.9 Å². The zero-order valence-corrected chi connectivity index (χ0v) is 11.6. The predicted molar refractivity (Wildman–Crippen MR) is 75.0 cm³/mol. The van der Waals surface area contributed by atoms with E-state index in [-0.39, 0.29) is 12.0 Å². The second-order valence-electron chi connectivity index (χ2n) is 4.44. The largest absolute Gasteiger partial charge is 0.391 e. The van der Waals surface area contributed by atoms with E-state index in [2.05, 4.69) is 15.9 Å². The van der Waals surface area contributed by atoms with Gasteiger partial charge < -0.3 is 10.0 Å². The molecule has 2 rings (SSSR count). The van der Waals surface area contributed by atoms with Crippen LogP contribution in [0.5, 0.6) is 0 Å². The maximum absolute atomic E-state index is 11.9. The van der Waals surface area contributed by atoms with Crippen molar-refractivity contribution in [1.82, 2.24) is 4.90 Å². The van der Waals surface area contributed by atoms with Crippen LogP contribution in [0.2, 0.25) is 0 Å². The molecule has 4 heteroatoms. The van der Waals surface area contributed by atoms with Gasteiger partial charge in [0.25, 0.3) is 0 Å². The summed E-state index contributed by atoms with van der Waals surface area (Å²) in [5, 5.41) is 9.53. The number of amides is 1. The third-order valence-corrected chi connectivity index (χ3v) is 3.74. The number of rotatable bonds is 2. The monoisotopic (exact) mass is 309 g/mol. The van der Waals surface area contributed by atoms with Gasteiger partial charge in [-0.3, -0.25) is 4.79 Å². The van der Waals surface area contributed by atoms with Gasteiger partial charge in [0.1, 0.15) is 0 Å². The Morgan fingerprint density at radius 3 is 2.94 bits per heavy atom. The van der Waals surface area contributed by atoms with Gasteiger partial charge in [-0.25, -0.2) is 0 Å². The number of piperidine rings is 1. The summed E-state index contributed by atoms with van der Waals surface area (Å²) < 4.78 is 0.965. The molecule has 1 atom stereocenters. The third-order valence-electron chi connectivity index (χ3n) is 3.02. The average Bonchev–Trinajstić information content (AvgIpc) is 2.37. The molecular weight excluding hydrogens is 294 g/mol. The van der Waals surface area contributed by atoms with E-state index in [4.69, 9.17) is 0 Å². The molecule has 1 aromatic carbocycles. The first-order chi connectivity index (χ1) is 8.66. The Morgan fingerprint density at radius 1 is 1.44 bits per heavy atom. The van der Waals surface area contributed by atoms with Gasteiger partial charge in [-0.05, 0) is 30.5 Å². The Morgan fingerprint density at radius 2 is 2.22 bits per heavy atom. The summed E-state index contributed by atoms with van der Waals surface area (Å²) in [6.45, 7) is 1.18. The summed E-state index contributed by atoms with van der Waals surface area (Å²) in [5.41, 5.74) is 0.975. The number of β-amino-alcohol motifs (C(OH)–C–C–N with tert-alkyl or cyclic N) is 1. The Balaban J connectivity index is 2.01. The molecule has 3 nitrogen and oxygen atoms in total. The second kappa shape index (κ2) is 6.16. The molecular formula is C14H16BrNO2. The van der Waals surface area contributed by atoms with Crippen LogP contribution in [0.1, 0.15) is 18.4 Å². The zero-order valence-electron chi connectivity index (χ0n) is 10.1. The van der Waals surface area contributed by atoms with E-state index in [0.717, 1.165) is 29.4 Å². The molecule has 0 aliphatic carbocycles. The van der Waals surface area contributed by atoms with Crippen molar-refractivity contribution in [2.75, 3.05) is 13.1 Å². The highest BCUT2D eigenvalue weighted by atomic mass is 79.9. The number of nitrogens with zero attached hydrogens (tertiary/aromatic N) is 1. The minimum Gasteiger partial charge on any atom is -0.391 e. The van der Waals surface area contributed by atoms with Gasteiger partial charge in [-0.15, -0.1) is 0 Å². The number of likely N-dealkylation sites (tertiary alicyclic amines) is 1. The maximum Gasteiger partial charge on any atom is 0.246 e. The molecule has 1 amide bonds. The zero-order chi connectivity index (χ0) is 13.0. The highest BCUT2D eigenvalue weighted by Gasteiger charge is 2.20. The fourth-order valence-electron chi connectivity index (χ4n) is 2.03. The van der Waals surface area contributed by atoms with Crippen LogP contribution >= 0.6 is 15.9 Å². The van der Waals surface area contributed by atoms with E-state index in [1.807, 2.05) is 24.3 Å². The van der Waals surface area contributed by atoms with Gasteiger partial charge in [0, 0.05) is 23.6 Å². The molecule has 1 fully saturated rings. The number of hydrogen-bond donors (Lipinski definition) is 1. The first-order valence-corrected chi connectivity index (χ1v) is 6.85. The lowest BCUT2D eigenvalue weighted by Crippen LogP contribution is -2.41. The van der Waals surface area contributed by atoms with Gasteiger partial charge in [0.2, 0.25) is 5.91 Å². The minimum absolute atomic E-state index is 0.0375. The molecule has 0 aromatic heterocycles. The van der Waals surface area contributed by atoms with Crippen molar-refractivity contribution in [3.8, 4) is 0 Å². The van der Waals surface area contributed by atoms with Crippen LogP contribution in [-0.4, -0.2) is 35.1 Å². The molecule has 1 unspecified atom stereocenters. The molecule has 0 spiro atoms. The minimum atomic E-state index is -0.375. The van der Waals surface area contributed by atoms with Crippen molar-refractivity contribution in [3.63, 3.8) is 0 Å². The van der Waals surface area contributed by atoms with Gasteiger partial charge >= 0.3 is 0 Å². The van der Waals surface area contributed by atoms with E-state index < -0.39 is 0 Å². The first-order valence-electron chi connectivity index (χ1n) is 6.06. The topological polar surface area (TPSA) is 40.5 Å². The SMILES string of the molecule is O=C(/C=C/c1ccccc1Br)N1CCCC(O)C1. The van der Waals surface area contributed by atoms with E-state index in [1.54, 1.807) is 17.1 Å². The van der Waals surface area contributed by atoms with Gasteiger partial charge in [-0.2, -0.15) is 0 Å². The van der Waals surface area contributed by atoms with Crippen molar-refractivity contribution < 1.29 is 9.90 Å². The van der Waals surface area contributed by atoms with E-state index in [1.165, 1.54) is 0 Å². The summed E-state index contributed by atoms with van der Waals surface area (Å²) in [4.78, 5) is 13.6. The van der Waals surface area contributed by atoms with E-state index in [9.17, 15) is 9.90 Å². The van der Waals surface area contributed by atoms with E-state index >= 15 is 0 Å². The summed E-state index contributed by atoms with van der Waals surface area (Å²) in [6, 6.07) is 7.75. The van der Waals surface area contributed by atoms with Crippen LogP contribution in [0, 0.1) is 0 Å². The van der Waals surface area contributed by atoms with Crippen LogP contribution in [0.4, 0.5) is 0 Å².